The quantitative estimate of drug-likeness (QED) is 0.687. The number of rotatable bonds is 3. The highest BCUT2D eigenvalue weighted by Gasteiger charge is 2.22. The van der Waals surface area contributed by atoms with Gasteiger partial charge in [-0.25, -0.2) is 8.78 Å². The highest BCUT2D eigenvalue weighted by atomic mass is 32.2. The van der Waals surface area contributed by atoms with Crippen molar-refractivity contribution in [2.45, 2.75) is 11.8 Å². The lowest BCUT2D eigenvalue weighted by Crippen LogP contribution is -2.11. The molecule has 0 aliphatic heterocycles. The lowest BCUT2D eigenvalue weighted by Gasteiger charge is -2.10. The molecule has 0 saturated carbocycles. The maximum atomic E-state index is 13.6. The first-order chi connectivity index (χ1) is 10.9. The van der Waals surface area contributed by atoms with Gasteiger partial charge in [-0.2, -0.15) is 8.42 Å². The Balaban J connectivity index is 2.10. The summed E-state index contributed by atoms with van der Waals surface area (Å²) in [5, 5.41) is 0.620. The van der Waals surface area contributed by atoms with Crippen LogP contribution in [0, 0.1) is 18.6 Å². The van der Waals surface area contributed by atoms with E-state index in [9.17, 15) is 17.2 Å². The number of pyridine rings is 1. The minimum Gasteiger partial charge on any atom is -0.376 e. The van der Waals surface area contributed by atoms with Crippen LogP contribution < -0.4 is 4.18 Å². The Morgan fingerprint density at radius 2 is 1.87 bits per heavy atom. The summed E-state index contributed by atoms with van der Waals surface area (Å²) in [7, 11) is -4.31. The van der Waals surface area contributed by atoms with E-state index in [0.29, 0.717) is 11.5 Å². The third kappa shape index (κ3) is 3.00. The van der Waals surface area contributed by atoms with E-state index in [1.165, 1.54) is 12.3 Å². The minimum atomic E-state index is -4.31. The molecule has 1 aromatic heterocycles. The second-order valence-electron chi connectivity index (χ2n) is 4.95. The summed E-state index contributed by atoms with van der Waals surface area (Å²) in [5.74, 6) is -2.50. The summed E-state index contributed by atoms with van der Waals surface area (Å²) >= 11 is 0. The van der Waals surface area contributed by atoms with E-state index in [1.807, 2.05) is 6.92 Å². The number of para-hydroxylation sites is 1. The number of nitrogens with zero attached hydrogens (tertiary/aromatic N) is 1. The maximum absolute atomic E-state index is 13.6. The van der Waals surface area contributed by atoms with Gasteiger partial charge in [-0.3, -0.25) is 4.98 Å². The summed E-state index contributed by atoms with van der Waals surface area (Å²) in [6.45, 7) is 1.83. The van der Waals surface area contributed by atoms with Crippen molar-refractivity contribution in [3.05, 3.63) is 65.9 Å². The smallest absolute Gasteiger partial charge is 0.341 e. The average molecular weight is 335 g/mol. The van der Waals surface area contributed by atoms with Gasteiger partial charge in [-0.15, -0.1) is 0 Å². The number of fused-ring (bicyclic) bond motifs is 1. The fraction of sp³-hybridized carbons (Fsp3) is 0.0625. The van der Waals surface area contributed by atoms with Crippen LogP contribution >= 0.6 is 0 Å². The van der Waals surface area contributed by atoms with Crippen molar-refractivity contribution in [1.82, 2.24) is 4.98 Å². The molecule has 0 unspecified atom stereocenters. The number of halogens is 2. The molecule has 0 atom stereocenters. The highest BCUT2D eigenvalue weighted by molar-refractivity contribution is 7.87. The predicted molar refractivity (Wildman–Crippen MR) is 80.7 cm³/mol. The van der Waals surface area contributed by atoms with Crippen molar-refractivity contribution in [2.75, 3.05) is 0 Å². The van der Waals surface area contributed by atoms with Gasteiger partial charge in [0.05, 0.1) is 5.52 Å². The molecule has 23 heavy (non-hydrogen) atoms. The van der Waals surface area contributed by atoms with Crippen molar-refractivity contribution in [3.8, 4) is 5.75 Å². The van der Waals surface area contributed by atoms with E-state index < -0.39 is 27.5 Å². The molecule has 0 fully saturated rings. The van der Waals surface area contributed by atoms with Crippen LogP contribution in [-0.4, -0.2) is 13.4 Å². The second kappa shape index (κ2) is 5.58. The molecular weight excluding hydrogens is 324 g/mol. The van der Waals surface area contributed by atoms with Gasteiger partial charge in [0.1, 0.15) is 10.7 Å². The summed E-state index contributed by atoms with van der Waals surface area (Å²) < 4.78 is 56.1. The Morgan fingerprint density at radius 1 is 1.09 bits per heavy atom. The number of hydrogen-bond acceptors (Lipinski definition) is 4. The van der Waals surface area contributed by atoms with Crippen LogP contribution in [0.5, 0.6) is 5.75 Å². The molecule has 0 saturated heterocycles. The third-order valence-corrected chi connectivity index (χ3v) is 4.44. The molecule has 2 aromatic carbocycles. The van der Waals surface area contributed by atoms with E-state index in [1.54, 1.807) is 18.2 Å². The Labute approximate surface area is 131 Å². The normalized spacial score (nSPS) is 11.6. The summed E-state index contributed by atoms with van der Waals surface area (Å²) in [4.78, 5) is 3.93. The Hall–Kier alpha value is -2.54. The number of aryl methyl sites for hydroxylation is 1. The highest BCUT2D eigenvalue weighted by Crippen LogP contribution is 2.26. The SMILES string of the molecule is Cc1cnc2c(S(=O)(=O)Oc3ccc(F)cc3F)cccc2c1. The van der Waals surface area contributed by atoms with Crippen molar-refractivity contribution < 1.29 is 21.4 Å². The molecule has 0 aliphatic rings. The minimum absolute atomic E-state index is 0.182. The fourth-order valence-electron chi connectivity index (χ4n) is 2.15. The van der Waals surface area contributed by atoms with Gasteiger partial charge >= 0.3 is 10.1 Å². The van der Waals surface area contributed by atoms with E-state index >= 15 is 0 Å². The van der Waals surface area contributed by atoms with Crippen molar-refractivity contribution in [1.29, 1.82) is 0 Å². The molecule has 0 amide bonds. The van der Waals surface area contributed by atoms with Crippen LogP contribution in [0.2, 0.25) is 0 Å². The van der Waals surface area contributed by atoms with Gasteiger partial charge < -0.3 is 4.18 Å². The molecule has 0 bridgehead atoms. The molecule has 118 valence electrons. The van der Waals surface area contributed by atoms with Crippen LogP contribution in [-0.2, 0) is 10.1 Å². The lowest BCUT2D eigenvalue weighted by molar-refractivity contribution is 0.458. The fourth-order valence-corrected chi connectivity index (χ4v) is 3.26. The van der Waals surface area contributed by atoms with Gasteiger partial charge in [0.2, 0.25) is 0 Å². The summed E-state index contributed by atoms with van der Waals surface area (Å²) in [6, 6.07) is 8.74. The third-order valence-electron chi connectivity index (χ3n) is 3.17. The molecule has 3 rings (SSSR count). The van der Waals surface area contributed by atoms with Crippen LogP contribution in [0.3, 0.4) is 0 Å². The van der Waals surface area contributed by atoms with Gasteiger partial charge in [0, 0.05) is 17.6 Å². The van der Waals surface area contributed by atoms with Crippen LogP contribution in [0.15, 0.2) is 53.6 Å². The monoisotopic (exact) mass is 335 g/mol. The zero-order chi connectivity index (χ0) is 16.6. The second-order valence-corrected chi connectivity index (χ2v) is 6.47. The van der Waals surface area contributed by atoms with Gasteiger partial charge in [-0.05, 0) is 36.8 Å². The number of hydrogen-bond donors (Lipinski definition) is 0. The van der Waals surface area contributed by atoms with Crippen molar-refractivity contribution in [2.24, 2.45) is 0 Å². The zero-order valence-corrected chi connectivity index (χ0v) is 12.8. The first-order valence-electron chi connectivity index (χ1n) is 6.62. The molecule has 0 radical (unpaired) electrons. The zero-order valence-electron chi connectivity index (χ0n) is 12.0. The van der Waals surface area contributed by atoms with E-state index in [4.69, 9.17) is 4.18 Å². The predicted octanol–water partition coefficient (Wildman–Crippen LogP) is 3.59. The van der Waals surface area contributed by atoms with Gasteiger partial charge in [0.25, 0.3) is 0 Å². The molecule has 4 nitrogen and oxygen atoms in total. The first kappa shape index (κ1) is 15.4. The molecule has 0 spiro atoms. The largest absolute Gasteiger partial charge is 0.376 e. The molecule has 7 heteroatoms. The van der Waals surface area contributed by atoms with E-state index in [0.717, 1.165) is 17.7 Å². The average Bonchev–Trinajstić information content (AvgIpc) is 2.49. The standard InChI is InChI=1S/C16H11F2NO3S/c1-10-7-11-3-2-4-15(16(11)19-9-10)23(20,21)22-14-6-5-12(17)8-13(14)18/h2-9H,1H3. The van der Waals surface area contributed by atoms with Crippen molar-refractivity contribution in [3.63, 3.8) is 0 Å². The van der Waals surface area contributed by atoms with Gasteiger partial charge in [-0.1, -0.05) is 12.1 Å². The van der Waals surface area contributed by atoms with Crippen molar-refractivity contribution >= 4 is 21.0 Å². The van der Waals surface area contributed by atoms with Gasteiger partial charge in [0.15, 0.2) is 11.6 Å². The molecule has 3 aromatic rings. The molecular formula is C16H11F2NO3S. The topological polar surface area (TPSA) is 56.3 Å². The maximum Gasteiger partial charge on any atom is 0.341 e. The lowest BCUT2D eigenvalue weighted by atomic mass is 10.2. The summed E-state index contributed by atoms with van der Waals surface area (Å²) in [6.07, 6.45) is 1.53. The molecule has 0 N–H and O–H groups in total. The van der Waals surface area contributed by atoms with Crippen LogP contribution in [0.25, 0.3) is 10.9 Å². The van der Waals surface area contributed by atoms with Crippen LogP contribution in [0.1, 0.15) is 5.56 Å². The first-order valence-corrected chi connectivity index (χ1v) is 8.02. The number of aromatic nitrogens is 1. The summed E-state index contributed by atoms with van der Waals surface area (Å²) in [5.41, 5.74) is 1.10. The van der Waals surface area contributed by atoms with Crippen LogP contribution in [0.4, 0.5) is 8.78 Å². The Kier molecular flexibility index (Phi) is 3.73. The molecule has 1 heterocycles. The van der Waals surface area contributed by atoms with E-state index in [-0.39, 0.29) is 10.4 Å². The Morgan fingerprint density at radius 3 is 2.61 bits per heavy atom. The molecule has 0 aliphatic carbocycles. The number of benzene rings is 2. The Bertz CT molecular complexity index is 1000. The van der Waals surface area contributed by atoms with E-state index in [2.05, 4.69) is 4.98 Å².